The molecule has 0 aliphatic carbocycles. The van der Waals surface area contributed by atoms with Crippen molar-refractivity contribution in [1.82, 2.24) is 4.98 Å². The van der Waals surface area contributed by atoms with E-state index in [1.807, 2.05) is 36.4 Å². The standard InChI is InChI=1S/C12H11BrN2/c13-11-3-1-9(2-4-11)12(14)10-5-7-15-8-6-10/h1-8,12H,14H2. The van der Waals surface area contributed by atoms with Gasteiger partial charge in [-0.3, -0.25) is 4.98 Å². The summed E-state index contributed by atoms with van der Waals surface area (Å²) in [6, 6.07) is 11.8. The molecule has 2 aromatic rings. The maximum Gasteiger partial charge on any atom is 0.0552 e. The third-order valence-corrected chi connectivity index (χ3v) is 2.82. The number of hydrogen-bond acceptors (Lipinski definition) is 2. The van der Waals surface area contributed by atoms with Crippen LogP contribution in [-0.4, -0.2) is 4.98 Å². The first kappa shape index (κ1) is 10.3. The highest BCUT2D eigenvalue weighted by atomic mass is 79.9. The van der Waals surface area contributed by atoms with Crippen LogP contribution in [0.25, 0.3) is 0 Å². The van der Waals surface area contributed by atoms with E-state index < -0.39 is 0 Å². The number of benzene rings is 1. The normalized spacial score (nSPS) is 12.4. The van der Waals surface area contributed by atoms with Crippen LogP contribution in [0.15, 0.2) is 53.3 Å². The minimum Gasteiger partial charge on any atom is -0.320 e. The Morgan fingerprint density at radius 1 is 0.933 bits per heavy atom. The molecule has 0 bridgehead atoms. The fraction of sp³-hybridized carbons (Fsp3) is 0.0833. The van der Waals surface area contributed by atoms with Gasteiger partial charge in [0, 0.05) is 16.9 Å². The largest absolute Gasteiger partial charge is 0.320 e. The number of nitrogens with zero attached hydrogens (tertiary/aromatic N) is 1. The molecule has 2 rings (SSSR count). The summed E-state index contributed by atoms with van der Waals surface area (Å²) in [6.07, 6.45) is 3.52. The lowest BCUT2D eigenvalue weighted by Gasteiger charge is -2.11. The van der Waals surface area contributed by atoms with E-state index in [4.69, 9.17) is 5.73 Å². The summed E-state index contributed by atoms with van der Waals surface area (Å²) in [5.74, 6) is 0. The second kappa shape index (κ2) is 4.55. The van der Waals surface area contributed by atoms with Gasteiger partial charge >= 0.3 is 0 Å². The Morgan fingerprint density at radius 3 is 2.07 bits per heavy atom. The molecule has 1 heterocycles. The van der Waals surface area contributed by atoms with Crippen LogP contribution in [0.5, 0.6) is 0 Å². The maximum atomic E-state index is 6.12. The quantitative estimate of drug-likeness (QED) is 0.904. The van der Waals surface area contributed by atoms with Crippen LogP contribution in [0.2, 0.25) is 0 Å². The van der Waals surface area contributed by atoms with Gasteiger partial charge in [-0.25, -0.2) is 0 Å². The fourth-order valence-corrected chi connectivity index (χ4v) is 1.70. The maximum absolute atomic E-state index is 6.12. The highest BCUT2D eigenvalue weighted by Crippen LogP contribution is 2.20. The van der Waals surface area contributed by atoms with Gasteiger partial charge in [-0.1, -0.05) is 28.1 Å². The monoisotopic (exact) mass is 262 g/mol. The molecule has 0 saturated carbocycles. The van der Waals surface area contributed by atoms with E-state index in [0.29, 0.717) is 0 Å². The van der Waals surface area contributed by atoms with Gasteiger partial charge in [-0.05, 0) is 35.4 Å². The first-order valence-corrected chi connectivity index (χ1v) is 5.47. The molecular weight excluding hydrogens is 252 g/mol. The van der Waals surface area contributed by atoms with Gasteiger partial charge in [0.25, 0.3) is 0 Å². The summed E-state index contributed by atoms with van der Waals surface area (Å²) in [7, 11) is 0. The molecular formula is C12H11BrN2. The smallest absolute Gasteiger partial charge is 0.0552 e. The van der Waals surface area contributed by atoms with E-state index in [-0.39, 0.29) is 6.04 Å². The van der Waals surface area contributed by atoms with Gasteiger partial charge in [0.1, 0.15) is 0 Å². The Hall–Kier alpha value is -1.19. The predicted molar refractivity (Wildman–Crippen MR) is 64.4 cm³/mol. The third kappa shape index (κ3) is 2.43. The lowest BCUT2D eigenvalue weighted by atomic mass is 10.0. The van der Waals surface area contributed by atoms with Gasteiger partial charge < -0.3 is 5.73 Å². The van der Waals surface area contributed by atoms with Crippen LogP contribution in [-0.2, 0) is 0 Å². The van der Waals surface area contributed by atoms with Crippen LogP contribution in [0.4, 0.5) is 0 Å². The molecule has 1 aromatic heterocycles. The number of rotatable bonds is 2. The number of hydrogen-bond donors (Lipinski definition) is 1. The van der Waals surface area contributed by atoms with Crippen LogP contribution < -0.4 is 5.73 Å². The first-order chi connectivity index (χ1) is 7.27. The number of pyridine rings is 1. The van der Waals surface area contributed by atoms with E-state index in [1.54, 1.807) is 12.4 Å². The molecule has 76 valence electrons. The number of nitrogens with two attached hydrogens (primary N) is 1. The molecule has 15 heavy (non-hydrogen) atoms. The lowest BCUT2D eigenvalue weighted by Crippen LogP contribution is -2.11. The zero-order chi connectivity index (χ0) is 10.7. The molecule has 1 atom stereocenters. The Kier molecular flexibility index (Phi) is 3.14. The van der Waals surface area contributed by atoms with Gasteiger partial charge in [0.2, 0.25) is 0 Å². The minimum atomic E-state index is -0.0823. The molecule has 0 radical (unpaired) electrons. The Balaban J connectivity index is 2.29. The Bertz CT molecular complexity index is 425. The first-order valence-electron chi connectivity index (χ1n) is 4.68. The molecule has 1 aromatic carbocycles. The highest BCUT2D eigenvalue weighted by molar-refractivity contribution is 9.10. The predicted octanol–water partition coefficient (Wildman–Crippen LogP) is 2.89. The second-order valence-electron chi connectivity index (χ2n) is 3.31. The minimum absolute atomic E-state index is 0.0823. The SMILES string of the molecule is NC(c1ccncc1)c1ccc(Br)cc1. The van der Waals surface area contributed by atoms with Crippen molar-refractivity contribution in [3.05, 3.63) is 64.4 Å². The number of halogens is 1. The summed E-state index contributed by atoms with van der Waals surface area (Å²) in [5.41, 5.74) is 8.30. The molecule has 2 N–H and O–H groups in total. The second-order valence-corrected chi connectivity index (χ2v) is 4.23. The Labute approximate surface area is 97.3 Å². The number of aromatic nitrogens is 1. The zero-order valence-electron chi connectivity index (χ0n) is 8.10. The highest BCUT2D eigenvalue weighted by Gasteiger charge is 2.07. The van der Waals surface area contributed by atoms with Gasteiger partial charge in [-0.2, -0.15) is 0 Å². The average molecular weight is 263 g/mol. The topological polar surface area (TPSA) is 38.9 Å². The summed E-state index contributed by atoms with van der Waals surface area (Å²) in [5, 5.41) is 0. The molecule has 0 saturated heterocycles. The van der Waals surface area contributed by atoms with E-state index >= 15 is 0 Å². The van der Waals surface area contributed by atoms with Gasteiger partial charge in [-0.15, -0.1) is 0 Å². The molecule has 0 amide bonds. The molecule has 3 heteroatoms. The van der Waals surface area contributed by atoms with Crippen molar-refractivity contribution in [3.8, 4) is 0 Å². The summed E-state index contributed by atoms with van der Waals surface area (Å²) in [4.78, 5) is 3.97. The average Bonchev–Trinajstić information content (AvgIpc) is 2.30. The third-order valence-electron chi connectivity index (χ3n) is 2.29. The van der Waals surface area contributed by atoms with Crippen LogP contribution in [0, 0.1) is 0 Å². The molecule has 0 spiro atoms. The van der Waals surface area contributed by atoms with Crippen molar-refractivity contribution in [3.63, 3.8) is 0 Å². The van der Waals surface area contributed by atoms with Gasteiger partial charge in [0.05, 0.1) is 6.04 Å². The van der Waals surface area contributed by atoms with E-state index in [0.717, 1.165) is 15.6 Å². The summed E-state index contributed by atoms with van der Waals surface area (Å²) < 4.78 is 1.06. The van der Waals surface area contributed by atoms with Crippen molar-refractivity contribution in [2.24, 2.45) is 5.73 Å². The van der Waals surface area contributed by atoms with Crippen LogP contribution in [0.3, 0.4) is 0 Å². The molecule has 1 unspecified atom stereocenters. The van der Waals surface area contributed by atoms with E-state index in [2.05, 4.69) is 20.9 Å². The molecule has 0 aliphatic heterocycles. The van der Waals surface area contributed by atoms with Gasteiger partial charge in [0.15, 0.2) is 0 Å². The van der Waals surface area contributed by atoms with Crippen molar-refractivity contribution in [1.29, 1.82) is 0 Å². The molecule has 2 nitrogen and oxygen atoms in total. The van der Waals surface area contributed by atoms with Crippen LogP contribution >= 0.6 is 15.9 Å². The van der Waals surface area contributed by atoms with Crippen molar-refractivity contribution >= 4 is 15.9 Å². The van der Waals surface area contributed by atoms with Crippen molar-refractivity contribution < 1.29 is 0 Å². The van der Waals surface area contributed by atoms with E-state index in [9.17, 15) is 0 Å². The summed E-state index contributed by atoms with van der Waals surface area (Å²) >= 11 is 3.40. The molecule has 0 aliphatic rings. The van der Waals surface area contributed by atoms with Crippen LogP contribution in [0.1, 0.15) is 17.2 Å². The fourth-order valence-electron chi connectivity index (χ4n) is 1.43. The summed E-state index contributed by atoms with van der Waals surface area (Å²) in [6.45, 7) is 0. The van der Waals surface area contributed by atoms with Crippen molar-refractivity contribution in [2.75, 3.05) is 0 Å². The van der Waals surface area contributed by atoms with E-state index in [1.165, 1.54) is 0 Å². The molecule has 0 fully saturated rings. The lowest BCUT2D eigenvalue weighted by molar-refractivity contribution is 0.867. The van der Waals surface area contributed by atoms with Crippen molar-refractivity contribution in [2.45, 2.75) is 6.04 Å². The zero-order valence-corrected chi connectivity index (χ0v) is 9.68. The Morgan fingerprint density at radius 2 is 1.47 bits per heavy atom.